The van der Waals surface area contributed by atoms with Crippen LogP contribution in [0.5, 0.6) is 0 Å². The Bertz CT molecular complexity index is 458. The third-order valence-corrected chi connectivity index (χ3v) is 3.83. The van der Waals surface area contributed by atoms with E-state index in [2.05, 4.69) is 29.0 Å². The molecule has 0 spiro atoms. The van der Waals surface area contributed by atoms with Gasteiger partial charge >= 0.3 is 0 Å². The van der Waals surface area contributed by atoms with Crippen LogP contribution in [-0.4, -0.2) is 42.0 Å². The number of nitrogen functional groups attached to an aromatic ring is 1. The van der Waals surface area contributed by atoms with Gasteiger partial charge < -0.3 is 16.0 Å². The van der Waals surface area contributed by atoms with Crippen molar-refractivity contribution in [3.63, 3.8) is 0 Å². The SMILES string of the molecule is CC(C)CN1CCC[C@H](CNC(=O)c2ccc(N)nc2)C1. The van der Waals surface area contributed by atoms with Crippen LogP contribution in [0.15, 0.2) is 18.3 Å². The average Bonchev–Trinajstić information content (AvgIpc) is 2.45. The van der Waals surface area contributed by atoms with E-state index < -0.39 is 0 Å². The first-order valence-corrected chi connectivity index (χ1v) is 7.76. The fourth-order valence-electron chi connectivity index (χ4n) is 2.88. The molecule has 5 nitrogen and oxygen atoms in total. The zero-order valence-electron chi connectivity index (χ0n) is 13.0. The number of aromatic nitrogens is 1. The summed E-state index contributed by atoms with van der Waals surface area (Å²) in [5.41, 5.74) is 6.09. The van der Waals surface area contributed by atoms with Gasteiger partial charge in [-0.25, -0.2) is 4.98 Å². The van der Waals surface area contributed by atoms with Gasteiger partial charge in [-0.15, -0.1) is 0 Å². The molecule has 0 unspecified atom stereocenters. The lowest BCUT2D eigenvalue weighted by atomic mass is 9.97. The fraction of sp³-hybridized carbons (Fsp3) is 0.625. The van der Waals surface area contributed by atoms with E-state index in [4.69, 9.17) is 5.73 Å². The summed E-state index contributed by atoms with van der Waals surface area (Å²) in [6.45, 7) is 8.64. The summed E-state index contributed by atoms with van der Waals surface area (Å²) in [5, 5.41) is 3.02. The maximum atomic E-state index is 12.1. The van der Waals surface area contributed by atoms with Crippen molar-refractivity contribution >= 4 is 11.7 Å². The molecule has 5 heteroatoms. The molecule has 0 saturated carbocycles. The van der Waals surface area contributed by atoms with Crippen molar-refractivity contribution in [3.8, 4) is 0 Å². The lowest BCUT2D eigenvalue weighted by Gasteiger charge is -2.33. The first-order valence-electron chi connectivity index (χ1n) is 7.76. The molecule has 1 amide bonds. The largest absolute Gasteiger partial charge is 0.384 e. The number of anilines is 1. The third-order valence-electron chi connectivity index (χ3n) is 3.83. The Morgan fingerprint density at radius 2 is 2.33 bits per heavy atom. The van der Waals surface area contributed by atoms with Crippen molar-refractivity contribution in [2.45, 2.75) is 26.7 Å². The molecule has 0 radical (unpaired) electrons. The summed E-state index contributed by atoms with van der Waals surface area (Å²) in [7, 11) is 0. The highest BCUT2D eigenvalue weighted by Gasteiger charge is 2.21. The Morgan fingerprint density at radius 1 is 1.52 bits per heavy atom. The first-order chi connectivity index (χ1) is 10.0. The second-order valence-electron chi connectivity index (χ2n) is 6.34. The molecule has 1 aliphatic heterocycles. The van der Waals surface area contributed by atoms with Gasteiger partial charge in [0.2, 0.25) is 0 Å². The van der Waals surface area contributed by atoms with Crippen LogP contribution in [0.25, 0.3) is 0 Å². The standard InChI is InChI=1S/C16H26N4O/c1-12(2)10-20-7-3-4-13(11-20)8-19-16(21)14-5-6-15(17)18-9-14/h5-6,9,12-13H,3-4,7-8,10-11H2,1-2H3,(H2,17,18)(H,19,21)/t13-/m1/s1. The van der Waals surface area contributed by atoms with Gasteiger partial charge in [-0.2, -0.15) is 0 Å². The molecule has 1 atom stereocenters. The van der Waals surface area contributed by atoms with Crippen molar-refractivity contribution in [3.05, 3.63) is 23.9 Å². The number of likely N-dealkylation sites (tertiary alicyclic amines) is 1. The Kier molecular flexibility index (Phi) is 5.56. The van der Waals surface area contributed by atoms with Gasteiger partial charge in [-0.05, 0) is 43.4 Å². The van der Waals surface area contributed by atoms with E-state index >= 15 is 0 Å². The molecule has 1 saturated heterocycles. The number of rotatable bonds is 5. The van der Waals surface area contributed by atoms with E-state index in [1.165, 1.54) is 25.6 Å². The van der Waals surface area contributed by atoms with Gasteiger partial charge in [0.15, 0.2) is 0 Å². The number of piperidine rings is 1. The summed E-state index contributed by atoms with van der Waals surface area (Å²) in [6.07, 6.45) is 3.93. The minimum Gasteiger partial charge on any atom is -0.384 e. The van der Waals surface area contributed by atoms with Crippen molar-refractivity contribution in [1.82, 2.24) is 15.2 Å². The molecule has 0 aromatic carbocycles. The maximum absolute atomic E-state index is 12.1. The lowest BCUT2D eigenvalue weighted by molar-refractivity contribution is 0.0929. The number of hydrogen-bond acceptors (Lipinski definition) is 4. The minimum atomic E-state index is -0.0662. The Balaban J connectivity index is 1.79. The second-order valence-corrected chi connectivity index (χ2v) is 6.34. The van der Waals surface area contributed by atoms with Gasteiger partial charge in [0.1, 0.15) is 5.82 Å². The number of nitrogens with two attached hydrogens (primary N) is 1. The first kappa shape index (κ1) is 15.8. The smallest absolute Gasteiger partial charge is 0.252 e. The Labute approximate surface area is 126 Å². The van der Waals surface area contributed by atoms with E-state index in [0.717, 1.165) is 19.6 Å². The molecule has 0 aliphatic carbocycles. The topological polar surface area (TPSA) is 71.2 Å². The third kappa shape index (κ3) is 5.01. The number of carbonyl (C=O) groups excluding carboxylic acids is 1. The minimum absolute atomic E-state index is 0.0662. The molecule has 3 N–H and O–H groups in total. The molecule has 2 rings (SSSR count). The predicted molar refractivity (Wildman–Crippen MR) is 85.0 cm³/mol. The van der Waals surface area contributed by atoms with Crippen molar-refractivity contribution < 1.29 is 4.79 Å². The van der Waals surface area contributed by atoms with Gasteiger partial charge in [-0.3, -0.25) is 4.79 Å². The van der Waals surface area contributed by atoms with Crippen molar-refractivity contribution in [2.75, 3.05) is 31.9 Å². The quantitative estimate of drug-likeness (QED) is 0.867. The number of pyridine rings is 1. The van der Waals surface area contributed by atoms with Crippen LogP contribution in [0.4, 0.5) is 5.82 Å². The van der Waals surface area contributed by atoms with E-state index in [1.54, 1.807) is 12.1 Å². The predicted octanol–water partition coefficient (Wildman–Crippen LogP) is 1.76. The van der Waals surface area contributed by atoms with Crippen molar-refractivity contribution in [1.29, 1.82) is 0 Å². The molecule has 116 valence electrons. The summed E-state index contributed by atoms with van der Waals surface area (Å²) in [5.74, 6) is 1.61. The molecular formula is C16H26N4O. The maximum Gasteiger partial charge on any atom is 0.252 e. The van der Waals surface area contributed by atoms with Crippen LogP contribution < -0.4 is 11.1 Å². The normalized spacial score (nSPS) is 19.7. The highest BCUT2D eigenvalue weighted by Crippen LogP contribution is 2.17. The second kappa shape index (κ2) is 7.41. The Hall–Kier alpha value is -1.62. The summed E-state index contributed by atoms with van der Waals surface area (Å²) < 4.78 is 0. The van der Waals surface area contributed by atoms with Gasteiger partial charge in [0.25, 0.3) is 5.91 Å². The van der Waals surface area contributed by atoms with Crippen molar-refractivity contribution in [2.24, 2.45) is 11.8 Å². The average molecular weight is 290 g/mol. The lowest BCUT2D eigenvalue weighted by Crippen LogP contribution is -2.42. The van der Waals surface area contributed by atoms with E-state index in [-0.39, 0.29) is 5.91 Å². The molecule has 21 heavy (non-hydrogen) atoms. The summed E-state index contributed by atoms with van der Waals surface area (Å²) in [4.78, 5) is 18.5. The molecular weight excluding hydrogens is 264 g/mol. The van der Waals surface area contributed by atoms with Crippen LogP contribution in [0.2, 0.25) is 0 Å². The van der Waals surface area contributed by atoms with E-state index in [1.807, 2.05) is 0 Å². The number of carbonyl (C=O) groups is 1. The van der Waals surface area contributed by atoms with Crippen LogP contribution in [0.3, 0.4) is 0 Å². The number of nitrogens with one attached hydrogen (secondary N) is 1. The number of hydrogen-bond donors (Lipinski definition) is 2. The van der Waals surface area contributed by atoms with Crippen LogP contribution >= 0.6 is 0 Å². The molecule has 1 aromatic heterocycles. The molecule has 1 aromatic rings. The summed E-state index contributed by atoms with van der Waals surface area (Å²) >= 11 is 0. The number of nitrogens with zero attached hydrogens (tertiary/aromatic N) is 2. The Morgan fingerprint density at radius 3 is 3.00 bits per heavy atom. The molecule has 1 fully saturated rings. The highest BCUT2D eigenvalue weighted by molar-refractivity contribution is 5.93. The van der Waals surface area contributed by atoms with Gasteiger partial charge in [0.05, 0.1) is 5.56 Å². The van der Waals surface area contributed by atoms with Gasteiger partial charge in [-0.1, -0.05) is 13.8 Å². The van der Waals surface area contributed by atoms with E-state index in [0.29, 0.717) is 23.2 Å². The molecule has 0 bridgehead atoms. The highest BCUT2D eigenvalue weighted by atomic mass is 16.1. The zero-order valence-corrected chi connectivity index (χ0v) is 13.0. The van der Waals surface area contributed by atoms with Crippen LogP contribution in [0, 0.1) is 11.8 Å². The number of amides is 1. The molecule has 2 heterocycles. The van der Waals surface area contributed by atoms with E-state index in [9.17, 15) is 4.79 Å². The fourth-order valence-corrected chi connectivity index (χ4v) is 2.88. The zero-order chi connectivity index (χ0) is 15.2. The van der Waals surface area contributed by atoms with Crippen LogP contribution in [-0.2, 0) is 0 Å². The van der Waals surface area contributed by atoms with Gasteiger partial charge in [0, 0.05) is 25.8 Å². The van der Waals surface area contributed by atoms with Crippen LogP contribution in [0.1, 0.15) is 37.0 Å². The monoisotopic (exact) mass is 290 g/mol. The molecule has 1 aliphatic rings. The summed E-state index contributed by atoms with van der Waals surface area (Å²) in [6, 6.07) is 3.36.